The minimum absolute atomic E-state index is 0. The van der Waals surface area contributed by atoms with Crippen molar-refractivity contribution in [2.24, 2.45) is 0 Å². The molecule has 24 heavy (non-hydrogen) atoms. The van der Waals surface area contributed by atoms with Gasteiger partial charge >= 0.3 is 6.18 Å². The maximum absolute atomic E-state index is 13.2. The number of benzene rings is 1. The molecule has 1 saturated carbocycles. The normalized spacial score (nSPS) is 19.3. The van der Waals surface area contributed by atoms with Gasteiger partial charge in [-0.1, -0.05) is 0 Å². The molecule has 1 aliphatic carbocycles. The number of piperidine rings is 1. The lowest BCUT2D eigenvalue weighted by Crippen LogP contribution is -2.39. The van der Waals surface area contributed by atoms with Gasteiger partial charge in [-0.15, -0.1) is 12.4 Å². The van der Waals surface area contributed by atoms with E-state index in [0.29, 0.717) is 5.56 Å². The van der Waals surface area contributed by atoms with E-state index in [1.807, 2.05) is 0 Å². The summed E-state index contributed by atoms with van der Waals surface area (Å²) in [7, 11) is 0. The quantitative estimate of drug-likeness (QED) is 0.856. The van der Waals surface area contributed by atoms with Crippen LogP contribution in [0.15, 0.2) is 18.2 Å². The molecule has 0 spiro atoms. The van der Waals surface area contributed by atoms with E-state index in [1.165, 1.54) is 6.07 Å². The molecule has 0 bridgehead atoms. The molecular formula is C17H22ClF3N2O. The van der Waals surface area contributed by atoms with Crippen LogP contribution in [0.25, 0.3) is 0 Å². The van der Waals surface area contributed by atoms with Crippen LogP contribution in [0.5, 0.6) is 0 Å². The zero-order valence-electron chi connectivity index (χ0n) is 13.3. The van der Waals surface area contributed by atoms with Crippen molar-refractivity contribution in [1.82, 2.24) is 10.6 Å². The second-order valence-electron chi connectivity index (χ2n) is 6.47. The van der Waals surface area contributed by atoms with Crippen molar-refractivity contribution in [3.05, 3.63) is 34.9 Å². The summed E-state index contributed by atoms with van der Waals surface area (Å²) in [6.07, 6.45) is 0.0377. The number of nitrogens with one attached hydrogen (secondary N) is 2. The standard InChI is InChI=1S/C17H21F3N2O.ClH/c18-17(19,20)14-9-12(11-4-6-21-7-5-11)8-13(10-14)16(23)22-15-2-1-3-15;/h8-11,15,21H,1-7H2,(H,22,23);1H. The molecule has 1 aromatic rings. The molecule has 1 amide bonds. The van der Waals surface area contributed by atoms with Crippen molar-refractivity contribution < 1.29 is 18.0 Å². The minimum Gasteiger partial charge on any atom is -0.349 e. The summed E-state index contributed by atoms with van der Waals surface area (Å²) in [6.45, 7) is 1.59. The highest BCUT2D eigenvalue weighted by molar-refractivity contribution is 5.95. The van der Waals surface area contributed by atoms with Crippen molar-refractivity contribution in [1.29, 1.82) is 0 Å². The van der Waals surface area contributed by atoms with Gasteiger partial charge in [0.15, 0.2) is 0 Å². The Balaban J connectivity index is 0.00000208. The van der Waals surface area contributed by atoms with Gasteiger partial charge in [-0.05, 0) is 74.9 Å². The topological polar surface area (TPSA) is 41.1 Å². The molecule has 1 aromatic carbocycles. The fraction of sp³-hybridized carbons (Fsp3) is 0.588. The van der Waals surface area contributed by atoms with Gasteiger partial charge in [-0.25, -0.2) is 0 Å². The highest BCUT2D eigenvalue weighted by Crippen LogP contribution is 2.34. The number of carbonyl (C=O) groups excluding carboxylic acids is 1. The van der Waals surface area contributed by atoms with Gasteiger partial charge in [-0.3, -0.25) is 4.79 Å². The van der Waals surface area contributed by atoms with Crippen molar-refractivity contribution in [2.45, 2.75) is 50.2 Å². The molecule has 7 heteroatoms. The second kappa shape index (κ2) is 7.74. The highest BCUT2D eigenvalue weighted by atomic mass is 35.5. The zero-order chi connectivity index (χ0) is 16.4. The lowest BCUT2D eigenvalue weighted by atomic mass is 9.87. The molecule has 0 unspecified atom stereocenters. The molecule has 0 radical (unpaired) electrons. The fourth-order valence-electron chi connectivity index (χ4n) is 3.16. The molecule has 1 aliphatic heterocycles. The van der Waals surface area contributed by atoms with Gasteiger partial charge in [0.1, 0.15) is 0 Å². The fourth-order valence-corrected chi connectivity index (χ4v) is 3.16. The first-order chi connectivity index (χ1) is 10.9. The van der Waals surface area contributed by atoms with Crippen LogP contribution in [0.3, 0.4) is 0 Å². The number of alkyl halides is 3. The van der Waals surface area contributed by atoms with Gasteiger partial charge in [0, 0.05) is 11.6 Å². The van der Waals surface area contributed by atoms with Crippen molar-refractivity contribution in [3.8, 4) is 0 Å². The van der Waals surface area contributed by atoms with Crippen molar-refractivity contribution >= 4 is 18.3 Å². The Bertz CT molecular complexity index is 582. The highest BCUT2D eigenvalue weighted by Gasteiger charge is 2.33. The lowest BCUT2D eigenvalue weighted by molar-refractivity contribution is -0.137. The van der Waals surface area contributed by atoms with E-state index in [1.54, 1.807) is 6.07 Å². The first kappa shape index (κ1) is 19.1. The van der Waals surface area contributed by atoms with E-state index in [9.17, 15) is 18.0 Å². The van der Waals surface area contributed by atoms with Crippen LogP contribution in [0.4, 0.5) is 13.2 Å². The van der Waals surface area contributed by atoms with Crippen LogP contribution in [0.1, 0.15) is 59.5 Å². The number of hydrogen-bond donors (Lipinski definition) is 2. The van der Waals surface area contributed by atoms with Gasteiger partial charge in [0.25, 0.3) is 5.91 Å². The molecule has 0 atom stereocenters. The largest absolute Gasteiger partial charge is 0.416 e. The van der Waals surface area contributed by atoms with Crippen molar-refractivity contribution in [2.75, 3.05) is 13.1 Å². The van der Waals surface area contributed by atoms with Crippen LogP contribution in [0, 0.1) is 0 Å². The Labute approximate surface area is 145 Å². The summed E-state index contributed by atoms with van der Waals surface area (Å²) in [5, 5.41) is 6.03. The van der Waals surface area contributed by atoms with Crippen LogP contribution in [-0.4, -0.2) is 25.0 Å². The first-order valence-corrected chi connectivity index (χ1v) is 8.17. The van der Waals surface area contributed by atoms with Crippen LogP contribution in [-0.2, 0) is 6.18 Å². The van der Waals surface area contributed by atoms with E-state index in [4.69, 9.17) is 0 Å². The van der Waals surface area contributed by atoms with E-state index < -0.39 is 17.6 Å². The number of hydrogen-bond acceptors (Lipinski definition) is 2. The predicted molar refractivity (Wildman–Crippen MR) is 88.6 cm³/mol. The molecular weight excluding hydrogens is 341 g/mol. The monoisotopic (exact) mass is 362 g/mol. The first-order valence-electron chi connectivity index (χ1n) is 8.17. The molecule has 2 N–H and O–H groups in total. The van der Waals surface area contributed by atoms with E-state index >= 15 is 0 Å². The summed E-state index contributed by atoms with van der Waals surface area (Å²) in [4.78, 5) is 12.3. The van der Waals surface area contributed by atoms with Gasteiger partial charge in [-0.2, -0.15) is 13.2 Å². The van der Waals surface area contributed by atoms with Gasteiger partial charge < -0.3 is 10.6 Å². The molecule has 134 valence electrons. The minimum atomic E-state index is -4.44. The van der Waals surface area contributed by atoms with E-state index in [2.05, 4.69) is 10.6 Å². The molecule has 0 aromatic heterocycles. The van der Waals surface area contributed by atoms with Crippen LogP contribution in [0.2, 0.25) is 0 Å². The van der Waals surface area contributed by atoms with Gasteiger partial charge in [0.2, 0.25) is 0 Å². The molecule has 2 aliphatic rings. The van der Waals surface area contributed by atoms with Crippen LogP contribution >= 0.6 is 12.4 Å². The number of carbonyl (C=O) groups is 1. The number of halogens is 4. The van der Waals surface area contributed by atoms with Gasteiger partial charge in [0.05, 0.1) is 5.56 Å². The Morgan fingerprint density at radius 3 is 2.29 bits per heavy atom. The smallest absolute Gasteiger partial charge is 0.349 e. The third-order valence-electron chi connectivity index (χ3n) is 4.80. The second-order valence-corrected chi connectivity index (χ2v) is 6.47. The zero-order valence-corrected chi connectivity index (χ0v) is 14.1. The summed E-state index contributed by atoms with van der Waals surface area (Å²) in [5.74, 6) is -0.315. The van der Waals surface area contributed by atoms with Crippen molar-refractivity contribution in [3.63, 3.8) is 0 Å². The Hall–Kier alpha value is -1.27. The average molecular weight is 363 g/mol. The summed E-state index contributed by atoms with van der Waals surface area (Å²) in [6, 6.07) is 3.92. The predicted octanol–water partition coefficient (Wildman–Crippen LogP) is 3.88. The maximum atomic E-state index is 13.2. The number of rotatable bonds is 3. The SMILES string of the molecule is Cl.O=C(NC1CCC1)c1cc(C2CCNCC2)cc(C(F)(F)F)c1. The molecule has 3 nitrogen and oxygen atoms in total. The molecule has 3 rings (SSSR count). The summed E-state index contributed by atoms with van der Waals surface area (Å²) in [5.41, 5.74) is 0.0210. The lowest BCUT2D eigenvalue weighted by Gasteiger charge is -2.27. The number of amides is 1. The summed E-state index contributed by atoms with van der Waals surface area (Å²) < 4.78 is 39.5. The summed E-state index contributed by atoms with van der Waals surface area (Å²) >= 11 is 0. The maximum Gasteiger partial charge on any atom is 0.416 e. The Morgan fingerprint density at radius 2 is 1.75 bits per heavy atom. The molecule has 1 saturated heterocycles. The average Bonchev–Trinajstić information content (AvgIpc) is 2.50. The third-order valence-corrected chi connectivity index (χ3v) is 4.80. The van der Waals surface area contributed by atoms with E-state index in [0.717, 1.165) is 51.3 Å². The Morgan fingerprint density at radius 1 is 1.08 bits per heavy atom. The molecule has 2 fully saturated rings. The third kappa shape index (κ3) is 4.42. The van der Waals surface area contributed by atoms with Crippen LogP contribution < -0.4 is 10.6 Å². The Kier molecular flexibility index (Phi) is 6.15. The molecule has 1 heterocycles. The van der Waals surface area contributed by atoms with E-state index in [-0.39, 0.29) is 29.9 Å².